The number of carbonyl (C=O) groups is 2. The Morgan fingerprint density at radius 2 is 1.70 bits per heavy atom. The van der Waals surface area contributed by atoms with E-state index in [2.05, 4.69) is 15.0 Å². The molecule has 33 heavy (non-hydrogen) atoms. The van der Waals surface area contributed by atoms with Crippen LogP contribution in [0.25, 0.3) is 0 Å². The predicted octanol–water partition coefficient (Wildman–Crippen LogP) is 4.78. The van der Waals surface area contributed by atoms with Crippen molar-refractivity contribution in [3.05, 3.63) is 81.2 Å². The van der Waals surface area contributed by atoms with Crippen molar-refractivity contribution >= 4 is 68.2 Å². The number of hydrogen-bond acceptors (Lipinski definition) is 6. The Balaban J connectivity index is 1.69. The number of nitrogens with zero attached hydrogens (tertiary/aromatic N) is 1. The highest BCUT2D eigenvalue weighted by Crippen LogP contribution is 2.24. The number of esters is 1. The first-order chi connectivity index (χ1) is 15.5. The SMILES string of the molecule is O=C(COC(=O)c1cc(S(=O)(=O)Nc2ccc(F)cc2)ccc1Cl)Nc1ncc(Cl)cc1Cl. The topological polar surface area (TPSA) is 114 Å². The molecule has 2 N–H and O–H groups in total. The highest BCUT2D eigenvalue weighted by atomic mass is 35.5. The smallest absolute Gasteiger partial charge is 0.340 e. The van der Waals surface area contributed by atoms with Crippen LogP contribution in [-0.4, -0.2) is 31.9 Å². The summed E-state index contributed by atoms with van der Waals surface area (Å²) in [7, 11) is -4.13. The van der Waals surface area contributed by atoms with Crippen LogP contribution in [0.15, 0.2) is 59.6 Å². The van der Waals surface area contributed by atoms with Gasteiger partial charge in [-0.15, -0.1) is 0 Å². The molecule has 0 bridgehead atoms. The molecular formula is C20H13Cl3FN3O5S. The van der Waals surface area contributed by atoms with Crippen LogP contribution in [0.1, 0.15) is 10.4 Å². The number of carbonyl (C=O) groups excluding carboxylic acids is 2. The van der Waals surface area contributed by atoms with Crippen LogP contribution in [0.2, 0.25) is 15.1 Å². The first kappa shape index (κ1) is 24.7. The largest absolute Gasteiger partial charge is 0.452 e. The lowest BCUT2D eigenvalue weighted by atomic mass is 10.2. The summed E-state index contributed by atoms with van der Waals surface area (Å²) >= 11 is 17.6. The highest BCUT2D eigenvalue weighted by molar-refractivity contribution is 7.92. The fourth-order valence-electron chi connectivity index (χ4n) is 2.44. The molecule has 172 valence electrons. The van der Waals surface area contributed by atoms with Gasteiger partial charge in [0.1, 0.15) is 5.82 Å². The zero-order valence-corrected chi connectivity index (χ0v) is 19.4. The number of halogens is 4. The average molecular weight is 533 g/mol. The van der Waals surface area contributed by atoms with Crippen molar-refractivity contribution in [2.24, 2.45) is 0 Å². The van der Waals surface area contributed by atoms with Gasteiger partial charge in [-0.2, -0.15) is 0 Å². The molecule has 2 aromatic carbocycles. The van der Waals surface area contributed by atoms with Crippen molar-refractivity contribution in [2.45, 2.75) is 4.90 Å². The van der Waals surface area contributed by atoms with Gasteiger partial charge >= 0.3 is 5.97 Å². The first-order valence-electron chi connectivity index (χ1n) is 8.91. The highest BCUT2D eigenvalue weighted by Gasteiger charge is 2.21. The molecule has 0 aliphatic carbocycles. The lowest BCUT2D eigenvalue weighted by molar-refractivity contribution is -0.119. The fraction of sp³-hybridized carbons (Fsp3) is 0.0500. The Hall–Kier alpha value is -2.92. The summed E-state index contributed by atoms with van der Waals surface area (Å²) in [6.45, 7) is -0.722. The third-order valence-electron chi connectivity index (χ3n) is 3.96. The molecule has 0 spiro atoms. The van der Waals surface area contributed by atoms with Crippen LogP contribution < -0.4 is 10.0 Å². The number of anilines is 2. The van der Waals surface area contributed by atoms with E-state index >= 15 is 0 Å². The Labute approximate surface area is 202 Å². The maximum Gasteiger partial charge on any atom is 0.340 e. The summed E-state index contributed by atoms with van der Waals surface area (Å²) in [6.07, 6.45) is 1.26. The van der Waals surface area contributed by atoms with Crippen LogP contribution in [0.3, 0.4) is 0 Å². The summed E-state index contributed by atoms with van der Waals surface area (Å²) in [5, 5.41) is 2.60. The van der Waals surface area contributed by atoms with Gasteiger partial charge in [0.2, 0.25) is 0 Å². The monoisotopic (exact) mass is 531 g/mol. The normalized spacial score (nSPS) is 11.0. The van der Waals surface area contributed by atoms with Crippen molar-refractivity contribution in [2.75, 3.05) is 16.6 Å². The van der Waals surface area contributed by atoms with E-state index < -0.39 is 34.3 Å². The molecule has 13 heteroatoms. The van der Waals surface area contributed by atoms with E-state index in [4.69, 9.17) is 39.5 Å². The van der Waals surface area contributed by atoms with Crippen LogP contribution >= 0.6 is 34.8 Å². The number of rotatable bonds is 7. The summed E-state index contributed by atoms with van der Waals surface area (Å²) < 4.78 is 45.4. The zero-order valence-electron chi connectivity index (χ0n) is 16.3. The molecule has 0 radical (unpaired) electrons. The van der Waals surface area contributed by atoms with Crippen molar-refractivity contribution in [1.82, 2.24) is 4.98 Å². The van der Waals surface area contributed by atoms with Gasteiger partial charge in [0.25, 0.3) is 15.9 Å². The molecular weight excluding hydrogens is 520 g/mol. The van der Waals surface area contributed by atoms with E-state index in [1.807, 2.05) is 0 Å². The van der Waals surface area contributed by atoms with Crippen molar-refractivity contribution < 1.29 is 27.1 Å². The van der Waals surface area contributed by atoms with Gasteiger partial charge in [-0.25, -0.2) is 22.6 Å². The maximum absolute atomic E-state index is 13.0. The van der Waals surface area contributed by atoms with E-state index in [0.717, 1.165) is 18.2 Å². The summed E-state index contributed by atoms with van der Waals surface area (Å²) in [5.74, 6) is -2.31. The number of aromatic nitrogens is 1. The van der Waals surface area contributed by atoms with E-state index in [1.165, 1.54) is 36.5 Å². The minimum absolute atomic E-state index is 0.0140. The van der Waals surface area contributed by atoms with E-state index in [1.54, 1.807) is 0 Å². The number of amides is 1. The third-order valence-corrected chi connectivity index (χ3v) is 6.17. The quantitative estimate of drug-likeness (QED) is 0.423. The second kappa shape index (κ2) is 10.3. The molecule has 0 saturated carbocycles. The second-order valence-corrected chi connectivity index (χ2v) is 9.30. The first-order valence-corrected chi connectivity index (χ1v) is 11.5. The Bertz CT molecular complexity index is 1320. The Morgan fingerprint density at radius 3 is 2.36 bits per heavy atom. The van der Waals surface area contributed by atoms with Crippen molar-refractivity contribution in [3.8, 4) is 0 Å². The predicted molar refractivity (Wildman–Crippen MR) is 122 cm³/mol. The minimum Gasteiger partial charge on any atom is -0.452 e. The van der Waals surface area contributed by atoms with Crippen LogP contribution in [-0.2, 0) is 19.6 Å². The van der Waals surface area contributed by atoms with Gasteiger partial charge in [-0.05, 0) is 48.5 Å². The lowest BCUT2D eigenvalue weighted by Crippen LogP contribution is -2.22. The zero-order chi connectivity index (χ0) is 24.2. The molecule has 0 fully saturated rings. The fourth-order valence-corrected chi connectivity index (χ4v) is 4.15. The summed E-state index contributed by atoms with van der Waals surface area (Å²) in [4.78, 5) is 28.0. The van der Waals surface area contributed by atoms with Gasteiger partial charge in [0.15, 0.2) is 12.4 Å². The Morgan fingerprint density at radius 1 is 1.00 bits per heavy atom. The molecule has 3 aromatic rings. The third kappa shape index (κ3) is 6.55. The molecule has 0 aliphatic rings. The summed E-state index contributed by atoms with van der Waals surface area (Å²) in [6, 6.07) is 9.35. The molecule has 8 nitrogen and oxygen atoms in total. The van der Waals surface area contributed by atoms with Gasteiger partial charge < -0.3 is 10.1 Å². The lowest BCUT2D eigenvalue weighted by Gasteiger charge is -2.11. The number of ether oxygens (including phenoxy) is 1. The summed E-state index contributed by atoms with van der Waals surface area (Å²) in [5.41, 5.74) is -0.171. The van der Waals surface area contributed by atoms with E-state index in [9.17, 15) is 22.4 Å². The van der Waals surface area contributed by atoms with Gasteiger partial charge in [0, 0.05) is 11.9 Å². The molecule has 0 atom stereocenters. The van der Waals surface area contributed by atoms with E-state index in [0.29, 0.717) is 0 Å². The van der Waals surface area contributed by atoms with Crippen LogP contribution in [0.5, 0.6) is 0 Å². The molecule has 1 heterocycles. The van der Waals surface area contributed by atoms with Crippen molar-refractivity contribution in [3.63, 3.8) is 0 Å². The molecule has 0 aliphatic heterocycles. The second-order valence-electron chi connectivity index (χ2n) is 6.36. The van der Waals surface area contributed by atoms with Gasteiger partial charge in [-0.3, -0.25) is 9.52 Å². The van der Waals surface area contributed by atoms with Gasteiger partial charge in [-0.1, -0.05) is 34.8 Å². The Kier molecular flexibility index (Phi) is 7.75. The number of hydrogen-bond donors (Lipinski definition) is 2. The molecule has 0 unspecified atom stereocenters. The molecule has 0 saturated heterocycles. The van der Waals surface area contributed by atoms with Crippen LogP contribution in [0, 0.1) is 5.82 Å². The van der Waals surface area contributed by atoms with Crippen molar-refractivity contribution in [1.29, 1.82) is 0 Å². The standard InChI is InChI=1S/C20H13Cl3FN3O5S/c21-11-7-17(23)19(25-9-11)26-18(28)10-32-20(29)15-8-14(5-6-16(15)22)33(30,31)27-13-3-1-12(24)2-4-13/h1-9,27H,10H2,(H,25,26,28). The molecule has 1 aromatic heterocycles. The molecule has 3 rings (SSSR count). The van der Waals surface area contributed by atoms with Crippen LogP contribution in [0.4, 0.5) is 15.9 Å². The number of sulfonamides is 1. The number of benzene rings is 2. The number of nitrogens with one attached hydrogen (secondary N) is 2. The average Bonchev–Trinajstić information content (AvgIpc) is 2.75. The maximum atomic E-state index is 13.0. The van der Waals surface area contributed by atoms with E-state index in [-0.39, 0.29) is 37.0 Å². The van der Waals surface area contributed by atoms with Gasteiger partial charge in [0.05, 0.1) is 25.5 Å². The number of pyridine rings is 1. The molecule has 1 amide bonds. The minimum atomic E-state index is -4.13.